The number of ether oxygens (including phenoxy) is 2. The smallest absolute Gasteiger partial charge is 0.295 e. The van der Waals surface area contributed by atoms with Crippen LogP contribution in [0.15, 0.2) is 77.3 Å². The Hall–Kier alpha value is -3.45. The number of hydrogen-bond acceptors (Lipinski definition) is 5. The number of rotatable bonds is 6. The van der Waals surface area contributed by atoms with E-state index in [0.29, 0.717) is 28.3 Å². The summed E-state index contributed by atoms with van der Waals surface area (Å²) in [4.78, 5) is 41.1. The first-order chi connectivity index (χ1) is 15.4. The second kappa shape index (κ2) is 8.96. The molecule has 1 aliphatic rings. The summed E-state index contributed by atoms with van der Waals surface area (Å²) in [5, 5.41) is 0. The molecule has 0 spiro atoms. The van der Waals surface area contributed by atoms with Gasteiger partial charge in [-0.1, -0.05) is 28.1 Å². The Balaban J connectivity index is 1.81. The SMILES string of the molecule is COc1ccc(C(=O)C2C(=O)C(=O)N(c3ccc(OC)cc3)C2c2ccc(Br)cc2)cc1. The van der Waals surface area contributed by atoms with Gasteiger partial charge < -0.3 is 9.47 Å². The lowest BCUT2D eigenvalue weighted by Crippen LogP contribution is -2.30. The number of anilines is 1. The van der Waals surface area contributed by atoms with Crippen molar-refractivity contribution in [1.29, 1.82) is 0 Å². The average Bonchev–Trinajstić information content (AvgIpc) is 3.09. The van der Waals surface area contributed by atoms with Crippen molar-refractivity contribution >= 4 is 39.1 Å². The lowest BCUT2D eigenvalue weighted by atomic mass is 9.86. The van der Waals surface area contributed by atoms with Gasteiger partial charge >= 0.3 is 0 Å². The Morgan fingerprint density at radius 1 is 0.812 bits per heavy atom. The molecule has 0 bridgehead atoms. The van der Waals surface area contributed by atoms with Crippen LogP contribution in [0.1, 0.15) is 22.0 Å². The minimum absolute atomic E-state index is 0.343. The van der Waals surface area contributed by atoms with Crippen molar-refractivity contribution in [1.82, 2.24) is 0 Å². The zero-order valence-electron chi connectivity index (χ0n) is 17.4. The molecule has 3 aromatic rings. The molecule has 7 heteroatoms. The Bertz CT molecular complexity index is 1160. The van der Waals surface area contributed by atoms with Crippen LogP contribution in [0, 0.1) is 5.92 Å². The van der Waals surface area contributed by atoms with Crippen LogP contribution in [0.2, 0.25) is 0 Å². The number of halogens is 1. The van der Waals surface area contributed by atoms with E-state index in [2.05, 4.69) is 15.9 Å². The van der Waals surface area contributed by atoms with Gasteiger partial charge in [0.15, 0.2) is 5.78 Å². The molecule has 1 fully saturated rings. The topological polar surface area (TPSA) is 72.9 Å². The Labute approximate surface area is 193 Å². The van der Waals surface area contributed by atoms with Gasteiger partial charge in [0.25, 0.3) is 5.91 Å². The van der Waals surface area contributed by atoms with E-state index in [0.717, 1.165) is 4.47 Å². The van der Waals surface area contributed by atoms with E-state index in [9.17, 15) is 14.4 Å². The lowest BCUT2D eigenvalue weighted by Gasteiger charge is -2.27. The summed E-state index contributed by atoms with van der Waals surface area (Å²) in [6, 6.07) is 19.9. The third-order valence-electron chi connectivity index (χ3n) is 5.53. The van der Waals surface area contributed by atoms with Crippen molar-refractivity contribution in [2.45, 2.75) is 6.04 Å². The maximum atomic E-state index is 13.5. The van der Waals surface area contributed by atoms with Crippen LogP contribution >= 0.6 is 15.9 Å². The molecule has 1 amide bonds. The number of benzene rings is 3. The van der Waals surface area contributed by atoms with E-state index < -0.39 is 29.4 Å². The Morgan fingerprint density at radius 2 is 1.34 bits per heavy atom. The van der Waals surface area contributed by atoms with Crippen LogP contribution < -0.4 is 14.4 Å². The zero-order chi connectivity index (χ0) is 22.8. The third-order valence-corrected chi connectivity index (χ3v) is 6.05. The fraction of sp³-hybridized carbons (Fsp3) is 0.160. The molecule has 3 aromatic carbocycles. The summed E-state index contributed by atoms with van der Waals surface area (Å²) < 4.78 is 11.2. The number of hydrogen-bond donors (Lipinski definition) is 0. The van der Waals surface area contributed by atoms with Gasteiger partial charge in [-0.25, -0.2) is 0 Å². The van der Waals surface area contributed by atoms with Crippen molar-refractivity contribution in [2.24, 2.45) is 5.92 Å². The number of Topliss-reactive ketones (excluding diaryl/α,β-unsaturated/α-hetero) is 2. The number of nitrogens with zero attached hydrogens (tertiary/aromatic N) is 1. The average molecular weight is 494 g/mol. The lowest BCUT2D eigenvalue weighted by molar-refractivity contribution is -0.135. The van der Waals surface area contributed by atoms with Crippen LogP contribution in [0.3, 0.4) is 0 Å². The van der Waals surface area contributed by atoms with Crippen LogP contribution in [-0.4, -0.2) is 31.7 Å². The summed E-state index contributed by atoms with van der Waals surface area (Å²) in [5.74, 6) is -1.80. The minimum atomic E-state index is -1.17. The number of ketones is 2. The van der Waals surface area contributed by atoms with Gasteiger partial charge in [-0.3, -0.25) is 19.3 Å². The molecule has 4 rings (SSSR count). The van der Waals surface area contributed by atoms with Gasteiger partial charge in [0.1, 0.15) is 17.4 Å². The minimum Gasteiger partial charge on any atom is -0.497 e. The summed E-state index contributed by atoms with van der Waals surface area (Å²) in [6.45, 7) is 0. The van der Waals surface area contributed by atoms with Gasteiger partial charge in [-0.05, 0) is 66.2 Å². The second-order valence-electron chi connectivity index (χ2n) is 7.30. The van der Waals surface area contributed by atoms with E-state index in [-0.39, 0.29) is 0 Å². The highest BCUT2D eigenvalue weighted by Crippen LogP contribution is 2.42. The van der Waals surface area contributed by atoms with Crippen molar-refractivity contribution in [2.75, 3.05) is 19.1 Å². The van der Waals surface area contributed by atoms with Gasteiger partial charge in [-0.15, -0.1) is 0 Å². The van der Waals surface area contributed by atoms with Gasteiger partial charge in [0.2, 0.25) is 5.78 Å². The Morgan fingerprint density at radius 3 is 1.88 bits per heavy atom. The van der Waals surface area contributed by atoms with E-state index in [1.165, 1.54) is 12.0 Å². The van der Waals surface area contributed by atoms with Crippen molar-refractivity contribution in [3.8, 4) is 11.5 Å². The molecule has 1 saturated heterocycles. The molecule has 1 heterocycles. The van der Waals surface area contributed by atoms with Gasteiger partial charge in [0, 0.05) is 15.7 Å². The molecule has 0 radical (unpaired) electrons. The molecule has 0 aromatic heterocycles. The van der Waals surface area contributed by atoms with Crippen molar-refractivity contribution in [3.63, 3.8) is 0 Å². The largest absolute Gasteiger partial charge is 0.497 e. The van der Waals surface area contributed by atoms with E-state index in [1.54, 1.807) is 55.6 Å². The van der Waals surface area contributed by atoms with Crippen molar-refractivity contribution < 1.29 is 23.9 Å². The molecule has 2 atom stereocenters. The molecule has 2 unspecified atom stereocenters. The predicted molar refractivity (Wildman–Crippen MR) is 123 cm³/mol. The fourth-order valence-electron chi connectivity index (χ4n) is 3.89. The highest BCUT2D eigenvalue weighted by Gasteiger charge is 2.52. The standard InChI is InChI=1S/C25H20BrNO5/c1-31-19-11-5-16(6-12-19)23(28)21-22(15-3-7-17(26)8-4-15)27(25(30)24(21)29)18-9-13-20(32-2)14-10-18/h3-14,21-22H,1-2H3. The van der Waals surface area contributed by atoms with Gasteiger partial charge in [-0.2, -0.15) is 0 Å². The second-order valence-corrected chi connectivity index (χ2v) is 8.22. The van der Waals surface area contributed by atoms with Crippen LogP contribution in [0.25, 0.3) is 0 Å². The molecular formula is C25H20BrNO5. The summed E-state index contributed by atoms with van der Waals surface area (Å²) >= 11 is 3.41. The third kappa shape index (κ3) is 3.91. The number of carbonyl (C=O) groups is 3. The first-order valence-electron chi connectivity index (χ1n) is 9.89. The number of carbonyl (C=O) groups excluding carboxylic acids is 3. The number of methoxy groups -OCH3 is 2. The maximum Gasteiger partial charge on any atom is 0.295 e. The summed E-state index contributed by atoms with van der Waals surface area (Å²) in [6.07, 6.45) is 0. The molecule has 0 aliphatic carbocycles. The predicted octanol–water partition coefficient (Wildman–Crippen LogP) is 4.62. The molecule has 162 valence electrons. The molecular weight excluding hydrogens is 474 g/mol. The quantitative estimate of drug-likeness (QED) is 0.284. The first kappa shape index (κ1) is 21.8. The highest BCUT2D eigenvalue weighted by molar-refractivity contribution is 9.10. The highest BCUT2D eigenvalue weighted by atomic mass is 79.9. The van der Waals surface area contributed by atoms with Crippen LogP contribution in [0.4, 0.5) is 5.69 Å². The molecule has 6 nitrogen and oxygen atoms in total. The van der Waals surface area contributed by atoms with E-state index in [1.807, 2.05) is 24.3 Å². The van der Waals surface area contributed by atoms with Crippen molar-refractivity contribution in [3.05, 3.63) is 88.4 Å². The Kier molecular flexibility index (Phi) is 6.10. The fourth-order valence-corrected chi connectivity index (χ4v) is 4.15. The maximum absolute atomic E-state index is 13.5. The molecule has 0 N–H and O–H groups in total. The first-order valence-corrected chi connectivity index (χ1v) is 10.7. The van der Waals surface area contributed by atoms with Gasteiger partial charge in [0.05, 0.1) is 20.3 Å². The van der Waals surface area contributed by atoms with E-state index in [4.69, 9.17) is 9.47 Å². The summed E-state index contributed by atoms with van der Waals surface area (Å²) in [5.41, 5.74) is 1.55. The van der Waals surface area contributed by atoms with Crippen LogP contribution in [0.5, 0.6) is 11.5 Å². The summed E-state index contributed by atoms with van der Waals surface area (Å²) in [7, 11) is 3.08. The number of amides is 1. The van der Waals surface area contributed by atoms with Crippen LogP contribution in [-0.2, 0) is 9.59 Å². The molecule has 0 saturated carbocycles. The zero-order valence-corrected chi connectivity index (χ0v) is 19.0. The monoisotopic (exact) mass is 493 g/mol. The van der Waals surface area contributed by atoms with E-state index >= 15 is 0 Å². The normalized spacial score (nSPS) is 18.0. The molecule has 32 heavy (non-hydrogen) atoms. The molecule has 1 aliphatic heterocycles.